The lowest BCUT2D eigenvalue weighted by Gasteiger charge is -2.21. The molecule has 0 aliphatic carbocycles. The van der Waals surface area contributed by atoms with E-state index in [0.29, 0.717) is 5.89 Å². The van der Waals surface area contributed by atoms with Gasteiger partial charge in [0.1, 0.15) is 5.82 Å². The van der Waals surface area contributed by atoms with Gasteiger partial charge in [-0.1, -0.05) is 30.0 Å². The number of amides is 1. The first-order valence-corrected chi connectivity index (χ1v) is 9.94. The Morgan fingerprint density at radius 1 is 1.21 bits per heavy atom. The number of halogens is 1. The number of nitrogens with zero attached hydrogens (tertiary/aromatic N) is 4. The number of carbonyl (C=O) groups excluding carboxylic acids is 1. The molecule has 0 bridgehead atoms. The van der Waals surface area contributed by atoms with Crippen LogP contribution in [0.25, 0.3) is 11.5 Å². The Labute approximate surface area is 172 Å². The number of hydrogen-bond acceptors (Lipinski definition) is 6. The molecule has 1 amide bonds. The number of nitriles is 1. The molecule has 0 aliphatic heterocycles. The molecule has 0 radical (unpaired) electrons. The van der Waals surface area contributed by atoms with Crippen LogP contribution in [0.15, 0.2) is 52.1 Å². The van der Waals surface area contributed by atoms with Crippen LogP contribution in [0, 0.1) is 31.0 Å². The number of carbonyl (C=O) groups is 1. The largest absolute Gasteiger partial charge is 0.411 e. The number of hydrogen-bond donors (Lipinski definition) is 0. The van der Waals surface area contributed by atoms with Crippen LogP contribution < -0.4 is 4.90 Å². The molecule has 0 saturated heterocycles. The molecule has 2 aromatic carbocycles. The number of anilines is 1. The summed E-state index contributed by atoms with van der Waals surface area (Å²) in [6.07, 6.45) is 0.0994. The maximum absolute atomic E-state index is 14.1. The Morgan fingerprint density at radius 2 is 2.00 bits per heavy atom. The molecule has 1 aromatic heterocycles. The monoisotopic (exact) mass is 410 g/mol. The van der Waals surface area contributed by atoms with Crippen LogP contribution >= 0.6 is 11.8 Å². The van der Waals surface area contributed by atoms with Crippen LogP contribution in [0.3, 0.4) is 0 Å². The molecule has 0 fully saturated rings. The van der Waals surface area contributed by atoms with Gasteiger partial charge in [-0.25, -0.2) is 4.39 Å². The van der Waals surface area contributed by atoms with E-state index in [-0.39, 0.29) is 35.5 Å². The molecular weight excluding hydrogens is 391 g/mol. The minimum absolute atomic E-state index is 0.0195. The highest BCUT2D eigenvalue weighted by Crippen LogP contribution is 2.26. The molecule has 6 nitrogen and oxygen atoms in total. The molecule has 0 atom stereocenters. The number of aryl methyl sites for hydroxylation is 2. The predicted molar refractivity (Wildman–Crippen MR) is 109 cm³/mol. The molecule has 3 aromatic rings. The Morgan fingerprint density at radius 3 is 2.72 bits per heavy atom. The number of para-hydroxylation sites is 1. The molecule has 0 unspecified atom stereocenters. The normalized spacial score (nSPS) is 10.6. The van der Waals surface area contributed by atoms with Crippen LogP contribution in [-0.2, 0) is 4.79 Å². The second-order valence-corrected chi connectivity index (χ2v) is 7.29. The highest BCUT2D eigenvalue weighted by Gasteiger charge is 2.20. The lowest BCUT2D eigenvalue weighted by atomic mass is 10.1. The zero-order chi connectivity index (χ0) is 20.8. The second-order valence-electron chi connectivity index (χ2n) is 6.37. The van der Waals surface area contributed by atoms with E-state index < -0.39 is 5.82 Å². The maximum atomic E-state index is 14.1. The summed E-state index contributed by atoms with van der Waals surface area (Å²) in [4.78, 5) is 13.9. The van der Waals surface area contributed by atoms with Crippen molar-refractivity contribution in [3.63, 3.8) is 0 Å². The predicted octanol–water partition coefficient (Wildman–Crippen LogP) is 4.53. The number of thioether (sulfide) groups is 1. The second kappa shape index (κ2) is 9.34. The fourth-order valence-electron chi connectivity index (χ4n) is 2.67. The summed E-state index contributed by atoms with van der Waals surface area (Å²) in [6.45, 7) is 4.13. The Bertz CT molecular complexity index is 1060. The highest BCUT2D eigenvalue weighted by molar-refractivity contribution is 7.99. The molecule has 8 heteroatoms. The SMILES string of the molecule is Cc1ccc(-c2nnc(SCC(=O)N(CCC#N)c3ccccc3F)o2)cc1C. The summed E-state index contributed by atoms with van der Waals surface area (Å²) in [5.74, 6) is -0.507. The van der Waals surface area contributed by atoms with E-state index >= 15 is 0 Å². The summed E-state index contributed by atoms with van der Waals surface area (Å²) in [7, 11) is 0. The standard InChI is InChI=1S/C21H19FN4O2S/c1-14-8-9-16(12-15(14)2)20-24-25-21(28-20)29-13-19(27)26(11-5-10-23)18-7-4-3-6-17(18)22/h3-4,6-9,12H,5,11,13H2,1-2H3. The number of rotatable bonds is 7. The summed E-state index contributed by atoms with van der Waals surface area (Å²) < 4.78 is 19.8. The van der Waals surface area contributed by atoms with Gasteiger partial charge in [-0.05, 0) is 49.2 Å². The van der Waals surface area contributed by atoms with Crippen molar-refractivity contribution in [2.24, 2.45) is 0 Å². The van der Waals surface area contributed by atoms with E-state index in [1.165, 1.54) is 22.6 Å². The van der Waals surface area contributed by atoms with Gasteiger partial charge in [0, 0.05) is 12.1 Å². The molecule has 1 heterocycles. The van der Waals surface area contributed by atoms with E-state index in [9.17, 15) is 9.18 Å². The molecule has 0 aliphatic rings. The molecular formula is C21H19FN4O2S. The lowest BCUT2D eigenvalue weighted by molar-refractivity contribution is -0.116. The molecule has 0 spiro atoms. The molecule has 0 N–H and O–H groups in total. The third-order valence-electron chi connectivity index (χ3n) is 4.37. The quantitative estimate of drug-likeness (QED) is 0.532. The Hall–Kier alpha value is -3.18. The van der Waals surface area contributed by atoms with Crippen molar-refractivity contribution < 1.29 is 13.6 Å². The minimum atomic E-state index is -0.515. The van der Waals surface area contributed by atoms with Crippen molar-refractivity contribution >= 4 is 23.4 Å². The first-order chi connectivity index (χ1) is 14.0. The van der Waals surface area contributed by atoms with Gasteiger partial charge in [0.25, 0.3) is 5.22 Å². The Balaban J connectivity index is 1.70. The maximum Gasteiger partial charge on any atom is 0.277 e. The van der Waals surface area contributed by atoms with Crippen LogP contribution in [-0.4, -0.2) is 28.4 Å². The number of benzene rings is 2. The first-order valence-electron chi connectivity index (χ1n) is 8.95. The van der Waals surface area contributed by atoms with E-state index in [0.717, 1.165) is 22.9 Å². The van der Waals surface area contributed by atoms with E-state index in [1.54, 1.807) is 12.1 Å². The fourth-order valence-corrected chi connectivity index (χ4v) is 3.31. The van der Waals surface area contributed by atoms with Gasteiger partial charge < -0.3 is 9.32 Å². The average molecular weight is 410 g/mol. The topological polar surface area (TPSA) is 83.0 Å². The summed E-state index contributed by atoms with van der Waals surface area (Å²) in [5.41, 5.74) is 3.23. The van der Waals surface area contributed by atoms with Crippen molar-refractivity contribution in [3.05, 3.63) is 59.4 Å². The van der Waals surface area contributed by atoms with E-state index in [1.807, 2.05) is 38.1 Å². The van der Waals surface area contributed by atoms with Crippen LogP contribution in [0.2, 0.25) is 0 Å². The van der Waals surface area contributed by atoms with Gasteiger partial charge in [0.05, 0.1) is 23.9 Å². The smallest absolute Gasteiger partial charge is 0.277 e. The van der Waals surface area contributed by atoms with Crippen molar-refractivity contribution in [1.29, 1.82) is 5.26 Å². The zero-order valence-corrected chi connectivity index (χ0v) is 16.9. The average Bonchev–Trinajstić information content (AvgIpc) is 3.19. The fraction of sp³-hybridized carbons (Fsp3) is 0.238. The van der Waals surface area contributed by atoms with Crippen LogP contribution in [0.4, 0.5) is 10.1 Å². The van der Waals surface area contributed by atoms with Gasteiger partial charge in [0.15, 0.2) is 0 Å². The highest BCUT2D eigenvalue weighted by atomic mass is 32.2. The van der Waals surface area contributed by atoms with Crippen LogP contribution in [0.5, 0.6) is 0 Å². The van der Waals surface area contributed by atoms with Crippen molar-refractivity contribution in [3.8, 4) is 17.5 Å². The summed E-state index contributed by atoms with van der Waals surface area (Å²) in [6, 6.07) is 13.8. The van der Waals surface area contributed by atoms with Gasteiger partial charge in [-0.2, -0.15) is 5.26 Å². The van der Waals surface area contributed by atoms with Crippen molar-refractivity contribution in [2.45, 2.75) is 25.5 Å². The molecule has 29 heavy (non-hydrogen) atoms. The van der Waals surface area contributed by atoms with Crippen molar-refractivity contribution in [1.82, 2.24) is 10.2 Å². The molecule has 148 valence electrons. The van der Waals surface area contributed by atoms with E-state index in [2.05, 4.69) is 10.2 Å². The number of aromatic nitrogens is 2. The third-order valence-corrected chi connectivity index (χ3v) is 5.17. The molecule has 3 rings (SSSR count). The van der Waals surface area contributed by atoms with Crippen LogP contribution in [0.1, 0.15) is 17.5 Å². The Kier molecular flexibility index (Phi) is 6.62. The minimum Gasteiger partial charge on any atom is -0.411 e. The van der Waals surface area contributed by atoms with Gasteiger partial charge in [-0.3, -0.25) is 4.79 Å². The lowest BCUT2D eigenvalue weighted by Crippen LogP contribution is -2.34. The molecule has 0 saturated carbocycles. The third kappa shape index (κ3) is 5.00. The summed E-state index contributed by atoms with van der Waals surface area (Å²) >= 11 is 1.08. The van der Waals surface area contributed by atoms with Crippen molar-refractivity contribution in [2.75, 3.05) is 17.2 Å². The van der Waals surface area contributed by atoms with Gasteiger partial charge in [-0.15, -0.1) is 10.2 Å². The first kappa shape index (κ1) is 20.6. The van der Waals surface area contributed by atoms with Gasteiger partial charge >= 0.3 is 0 Å². The van der Waals surface area contributed by atoms with Gasteiger partial charge in [0.2, 0.25) is 11.8 Å². The zero-order valence-electron chi connectivity index (χ0n) is 16.1. The van der Waals surface area contributed by atoms with E-state index in [4.69, 9.17) is 9.68 Å². The summed E-state index contributed by atoms with van der Waals surface area (Å²) in [5, 5.41) is 17.1.